The number of aromatic nitrogens is 2. The van der Waals surface area contributed by atoms with Crippen LogP contribution in [0.15, 0.2) is 28.7 Å². The predicted octanol–water partition coefficient (Wildman–Crippen LogP) is 2.79. The minimum absolute atomic E-state index is 0.0839. The lowest BCUT2D eigenvalue weighted by Gasteiger charge is -2.20. The summed E-state index contributed by atoms with van der Waals surface area (Å²) in [5.41, 5.74) is 7.40. The molecule has 0 bridgehead atoms. The standard InChI is InChI=1S/C16H14ClN3O4S2/c17-13-15(20-7-8-25-16(20)19-13)26(22,23)24-11-6-5-9-3-1-2-4-10(9)12(11)14(18)21/h5-8H,1-4H2,(H2,18,21). The maximum atomic E-state index is 12.8. The fourth-order valence-corrected chi connectivity index (χ4v) is 5.64. The molecule has 0 spiro atoms. The Kier molecular flexibility index (Phi) is 4.17. The molecule has 7 nitrogen and oxygen atoms in total. The first kappa shape index (κ1) is 17.3. The van der Waals surface area contributed by atoms with Crippen LogP contribution in [0.25, 0.3) is 4.96 Å². The van der Waals surface area contributed by atoms with Crippen LogP contribution in [0, 0.1) is 0 Å². The number of imidazole rings is 1. The minimum atomic E-state index is -4.31. The Morgan fingerprint density at radius 1 is 1.31 bits per heavy atom. The summed E-state index contributed by atoms with van der Waals surface area (Å²) < 4.78 is 32.3. The second-order valence-electron chi connectivity index (χ2n) is 5.95. The second kappa shape index (κ2) is 6.26. The van der Waals surface area contributed by atoms with Gasteiger partial charge in [-0.1, -0.05) is 17.7 Å². The van der Waals surface area contributed by atoms with Gasteiger partial charge in [-0.3, -0.25) is 9.20 Å². The lowest BCUT2D eigenvalue weighted by atomic mass is 9.87. The van der Waals surface area contributed by atoms with Crippen LogP contribution in [0.2, 0.25) is 5.15 Å². The van der Waals surface area contributed by atoms with E-state index < -0.39 is 16.0 Å². The summed E-state index contributed by atoms with van der Waals surface area (Å²) in [6.07, 6.45) is 4.95. The molecule has 136 valence electrons. The first-order valence-electron chi connectivity index (χ1n) is 7.88. The highest BCUT2D eigenvalue weighted by Gasteiger charge is 2.30. The number of nitrogens with zero attached hydrogens (tertiary/aromatic N) is 2. The molecule has 0 saturated heterocycles. The number of rotatable bonds is 4. The van der Waals surface area contributed by atoms with E-state index in [-0.39, 0.29) is 21.5 Å². The summed E-state index contributed by atoms with van der Waals surface area (Å²) >= 11 is 7.25. The molecule has 0 unspecified atom stereocenters. The van der Waals surface area contributed by atoms with Crippen LogP contribution < -0.4 is 9.92 Å². The number of carbonyl (C=O) groups is 1. The van der Waals surface area contributed by atoms with Gasteiger partial charge in [0.1, 0.15) is 0 Å². The zero-order chi connectivity index (χ0) is 18.5. The van der Waals surface area contributed by atoms with E-state index in [1.807, 2.05) is 0 Å². The molecule has 0 aliphatic heterocycles. The maximum absolute atomic E-state index is 12.8. The van der Waals surface area contributed by atoms with Gasteiger partial charge >= 0.3 is 10.1 Å². The lowest BCUT2D eigenvalue weighted by molar-refractivity contribution is 0.0997. The molecule has 2 aromatic heterocycles. The van der Waals surface area contributed by atoms with Crippen molar-refractivity contribution in [3.8, 4) is 5.75 Å². The summed E-state index contributed by atoms with van der Waals surface area (Å²) in [4.78, 5) is 16.4. The van der Waals surface area contributed by atoms with E-state index >= 15 is 0 Å². The number of nitrogens with two attached hydrogens (primary N) is 1. The van der Waals surface area contributed by atoms with E-state index in [0.29, 0.717) is 11.4 Å². The lowest BCUT2D eigenvalue weighted by Crippen LogP contribution is -2.21. The number of benzene rings is 1. The molecular formula is C16H14ClN3O4S2. The van der Waals surface area contributed by atoms with Crippen molar-refractivity contribution >= 4 is 43.9 Å². The topological polar surface area (TPSA) is 104 Å². The van der Waals surface area contributed by atoms with Crippen LogP contribution in [-0.4, -0.2) is 23.7 Å². The highest BCUT2D eigenvalue weighted by atomic mass is 35.5. The summed E-state index contributed by atoms with van der Waals surface area (Å²) in [5.74, 6) is -0.798. The second-order valence-corrected chi connectivity index (χ2v) is 8.64. The van der Waals surface area contributed by atoms with Crippen molar-refractivity contribution in [2.24, 2.45) is 5.73 Å². The summed E-state index contributed by atoms with van der Waals surface area (Å²) in [6, 6.07) is 3.26. The number of primary amides is 1. The molecule has 2 N–H and O–H groups in total. The molecule has 0 radical (unpaired) electrons. The fraction of sp³-hybridized carbons (Fsp3) is 0.250. The zero-order valence-electron chi connectivity index (χ0n) is 13.4. The Morgan fingerprint density at radius 3 is 2.85 bits per heavy atom. The van der Waals surface area contributed by atoms with Crippen molar-refractivity contribution in [1.82, 2.24) is 9.38 Å². The first-order valence-corrected chi connectivity index (χ1v) is 10.5. The molecule has 26 heavy (non-hydrogen) atoms. The Bertz CT molecular complexity index is 1130. The van der Waals surface area contributed by atoms with Gasteiger partial charge in [-0.05, 0) is 42.9 Å². The summed E-state index contributed by atoms with van der Waals surface area (Å²) in [7, 11) is -4.31. The predicted molar refractivity (Wildman–Crippen MR) is 97.5 cm³/mol. The summed E-state index contributed by atoms with van der Waals surface area (Å²) in [5, 5.41) is 1.23. The van der Waals surface area contributed by atoms with Gasteiger partial charge in [0.25, 0.3) is 5.91 Å². The van der Waals surface area contributed by atoms with Crippen LogP contribution in [0.4, 0.5) is 0 Å². The zero-order valence-corrected chi connectivity index (χ0v) is 15.8. The van der Waals surface area contributed by atoms with Crippen molar-refractivity contribution in [2.75, 3.05) is 0 Å². The number of fused-ring (bicyclic) bond motifs is 2. The SMILES string of the molecule is NC(=O)c1c(OS(=O)(=O)c2c(Cl)nc3sccn23)ccc2c1CCCC2. The molecule has 3 aromatic rings. The number of hydrogen-bond donors (Lipinski definition) is 1. The average molecular weight is 412 g/mol. The third-order valence-corrected chi connectivity index (χ3v) is 6.75. The molecule has 0 atom stereocenters. The Morgan fingerprint density at radius 2 is 2.08 bits per heavy atom. The van der Waals surface area contributed by atoms with E-state index in [0.717, 1.165) is 30.4 Å². The molecule has 2 heterocycles. The van der Waals surface area contributed by atoms with Gasteiger partial charge in [-0.15, -0.1) is 11.3 Å². The third-order valence-electron chi connectivity index (χ3n) is 4.36. The van der Waals surface area contributed by atoms with Crippen molar-refractivity contribution < 1.29 is 17.4 Å². The third kappa shape index (κ3) is 2.76. The molecule has 0 saturated carbocycles. The molecule has 4 rings (SSSR count). The Hall–Kier alpha value is -2.10. The highest BCUT2D eigenvalue weighted by Crippen LogP contribution is 2.34. The quantitative estimate of drug-likeness (QED) is 0.665. The van der Waals surface area contributed by atoms with E-state index in [4.69, 9.17) is 21.5 Å². The number of halogens is 1. The van der Waals surface area contributed by atoms with Crippen LogP contribution in [-0.2, 0) is 23.0 Å². The van der Waals surface area contributed by atoms with Crippen LogP contribution in [0.5, 0.6) is 5.75 Å². The molecule has 1 aliphatic rings. The van der Waals surface area contributed by atoms with E-state index in [1.54, 1.807) is 11.4 Å². The maximum Gasteiger partial charge on any atom is 0.358 e. The minimum Gasteiger partial charge on any atom is -0.377 e. The molecule has 10 heteroatoms. The number of hydrogen-bond acceptors (Lipinski definition) is 6. The number of aryl methyl sites for hydroxylation is 1. The van der Waals surface area contributed by atoms with Gasteiger partial charge in [-0.2, -0.15) is 8.42 Å². The number of thiazole rings is 1. The molecule has 0 fully saturated rings. The monoisotopic (exact) mass is 411 g/mol. The highest BCUT2D eigenvalue weighted by molar-refractivity contribution is 7.87. The molecular weight excluding hydrogens is 398 g/mol. The molecule has 1 aliphatic carbocycles. The largest absolute Gasteiger partial charge is 0.377 e. The molecule has 1 aromatic carbocycles. The van der Waals surface area contributed by atoms with Gasteiger partial charge in [0, 0.05) is 11.6 Å². The van der Waals surface area contributed by atoms with Crippen molar-refractivity contribution in [3.05, 3.63) is 45.6 Å². The normalized spacial score (nSPS) is 14.3. The van der Waals surface area contributed by atoms with Gasteiger partial charge in [0.2, 0.25) is 5.03 Å². The van der Waals surface area contributed by atoms with Gasteiger partial charge in [0.05, 0.1) is 5.56 Å². The number of carbonyl (C=O) groups excluding carboxylic acids is 1. The summed E-state index contributed by atoms with van der Waals surface area (Å²) in [6.45, 7) is 0. The van der Waals surface area contributed by atoms with Gasteiger partial charge in [0.15, 0.2) is 15.9 Å². The van der Waals surface area contributed by atoms with E-state index in [2.05, 4.69) is 4.98 Å². The van der Waals surface area contributed by atoms with Crippen LogP contribution in [0.3, 0.4) is 0 Å². The average Bonchev–Trinajstić information content (AvgIpc) is 3.13. The first-order chi connectivity index (χ1) is 12.4. The Balaban J connectivity index is 1.83. The van der Waals surface area contributed by atoms with Crippen molar-refractivity contribution in [1.29, 1.82) is 0 Å². The fourth-order valence-electron chi connectivity index (χ4n) is 3.27. The van der Waals surface area contributed by atoms with Crippen molar-refractivity contribution in [3.63, 3.8) is 0 Å². The van der Waals surface area contributed by atoms with Gasteiger partial charge < -0.3 is 9.92 Å². The van der Waals surface area contributed by atoms with E-state index in [1.165, 1.54) is 28.0 Å². The van der Waals surface area contributed by atoms with E-state index in [9.17, 15) is 13.2 Å². The Labute approximate surface area is 158 Å². The van der Waals surface area contributed by atoms with Crippen molar-refractivity contribution in [2.45, 2.75) is 30.7 Å². The number of amides is 1. The smallest absolute Gasteiger partial charge is 0.358 e. The van der Waals surface area contributed by atoms with Gasteiger partial charge in [-0.25, -0.2) is 4.98 Å². The van der Waals surface area contributed by atoms with Crippen LogP contribution in [0.1, 0.15) is 34.3 Å². The van der Waals surface area contributed by atoms with Crippen LogP contribution >= 0.6 is 22.9 Å². The molecule has 1 amide bonds.